The molecule has 1 aromatic rings. The maximum absolute atomic E-state index is 4.18. The predicted molar refractivity (Wildman–Crippen MR) is 49.2 cm³/mol. The first-order valence-electron chi connectivity index (χ1n) is 3.84. The summed E-state index contributed by atoms with van der Waals surface area (Å²) in [5.41, 5.74) is 0. The van der Waals surface area contributed by atoms with E-state index in [1.807, 2.05) is 12.4 Å². The van der Waals surface area contributed by atoms with Gasteiger partial charge < -0.3 is 4.98 Å². The molecule has 1 unspecified atom stereocenters. The first-order valence-corrected chi connectivity index (χ1v) is 3.84. The number of imidazole rings is 1. The van der Waals surface area contributed by atoms with Crippen LogP contribution in [0.25, 0.3) is 0 Å². The third-order valence-corrected chi connectivity index (χ3v) is 1.71. The summed E-state index contributed by atoms with van der Waals surface area (Å²) in [4.78, 5) is 7.29. The lowest BCUT2D eigenvalue weighted by Crippen LogP contribution is -1.94. The summed E-state index contributed by atoms with van der Waals surface area (Å²) in [5.74, 6) is 1.70. The molecular weight excluding hydrogens is 160 g/mol. The second kappa shape index (κ2) is 5.19. The number of rotatable bonds is 3. The highest BCUT2D eigenvalue weighted by atomic mass is 35.5. The zero-order valence-electron chi connectivity index (χ0n) is 7.00. The Kier molecular flexibility index (Phi) is 4.95. The van der Waals surface area contributed by atoms with Gasteiger partial charge in [0.15, 0.2) is 0 Å². The van der Waals surface area contributed by atoms with E-state index in [1.165, 1.54) is 12.8 Å². The van der Waals surface area contributed by atoms with Crippen molar-refractivity contribution in [2.45, 2.75) is 32.6 Å². The van der Waals surface area contributed by atoms with E-state index >= 15 is 0 Å². The van der Waals surface area contributed by atoms with Crippen LogP contribution in [0.2, 0.25) is 0 Å². The van der Waals surface area contributed by atoms with Gasteiger partial charge in [0.1, 0.15) is 5.82 Å². The third-order valence-electron chi connectivity index (χ3n) is 1.71. The Morgan fingerprint density at radius 3 is 2.82 bits per heavy atom. The topological polar surface area (TPSA) is 28.7 Å². The summed E-state index contributed by atoms with van der Waals surface area (Å²) in [5, 5.41) is 0. The van der Waals surface area contributed by atoms with E-state index in [-0.39, 0.29) is 12.4 Å². The van der Waals surface area contributed by atoms with Crippen molar-refractivity contribution in [1.82, 2.24) is 9.97 Å². The Morgan fingerprint density at radius 1 is 1.64 bits per heavy atom. The van der Waals surface area contributed by atoms with E-state index in [4.69, 9.17) is 0 Å². The molecule has 0 saturated carbocycles. The molecule has 1 N–H and O–H groups in total. The van der Waals surface area contributed by atoms with Crippen molar-refractivity contribution >= 4 is 12.4 Å². The predicted octanol–water partition coefficient (Wildman–Crippen LogP) is 2.74. The largest absolute Gasteiger partial charge is 0.348 e. The number of halogens is 1. The molecule has 0 bridgehead atoms. The zero-order valence-corrected chi connectivity index (χ0v) is 7.82. The molecule has 1 aromatic heterocycles. The van der Waals surface area contributed by atoms with Gasteiger partial charge in [0, 0.05) is 18.3 Å². The van der Waals surface area contributed by atoms with Crippen LogP contribution in [-0.4, -0.2) is 9.97 Å². The molecule has 0 aliphatic carbocycles. The maximum Gasteiger partial charge on any atom is 0.108 e. The quantitative estimate of drug-likeness (QED) is 0.750. The highest BCUT2D eigenvalue weighted by Crippen LogP contribution is 2.15. The zero-order chi connectivity index (χ0) is 7.40. The van der Waals surface area contributed by atoms with Crippen LogP contribution in [0.3, 0.4) is 0 Å². The molecule has 1 atom stereocenters. The molecule has 0 aliphatic rings. The average molecular weight is 175 g/mol. The van der Waals surface area contributed by atoms with Crippen LogP contribution in [0.4, 0.5) is 0 Å². The highest BCUT2D eigenvalue weighted by molar-refractivity contribution is 5.85. The lowest BCUT2D eigenvalue weighted by molar-refractivity contribution is 0.634. The average Bonchev–Trinajstić information content (AvgIpc) is 2.38. The second-order valence-electron chi connectivity index (χ2n) is 2.66. The third kappa shape index (κ3) is 2.93. The van der Waals surface area contributed by atoms with E-state index in [0.29, 0.717) is 5.92 Å². The molecule has 0 amide bonds. The Morgan fingerprint density at radius 2 is 2.36 bits per heavy atom. The molecule has 64 valence electrons. The smallest absolute Gasteiger partial charge is 0.108 e. The Balaban J connectivity index is 0.000001000. The van der Waals surface area contributed by atoms with Crippen molar-refractivity contribution < 1.29 is 0 Å². The van der Waals surface area contributed by atoms with Crippen LogP contribution in [0.5, 0.6) is 0 Å². The summed E-state index contributed by atoms with van der Waals surface area (Å²) >= 11 is 0. The molecule has 0 aromatic carbocycles. The molecular formula is C8H15ClN2. The Hall–Kier alpha value is -0.500. The fourth-order valence-electron chi connectivity index (χ4n) is 1.12. The van der Waals surface area contributed by atoms with E-state index in [9.17, 15) is 0 Å². The van der Waals surface area contributed by atoms with Crippen LogP contribution in [-0.2, 0) is 0 Å². The normalized spacial score (nSPS) is 12.2. The van der Waals surface area contributed by atoms with E-state index < -0.39 is 0 Å². The van der Waals surface area contributed by atoms with Crippen molar-refractivity contribution in [2.24, 2.45) is 0 Å². The number of nitrogens with one attached hydrogen (secondary N) is 1. The number of hydrogen-bond acceptors (Lipinski definition) is 1. The van der Waals surface area contributed by atoms with E-state index in [0.717, 1.165) is 5.82 Å². The van der Waals surface area contributed by atoms with E-state index in [1.54, 1.807) is 0 Å². The fourth-order valence-corrected chi connectivity index (χ4v) is 1.12. The minimum atomic E-state index is 0. The lowest BCUT2D eigenvalue weighted by Gasteiger charge is -2.04. The standard InChI is InChI=1S/C8H14N2.ClH/c1-3-4-7(2)8-9-5-6-10-8;/h5-7H,3-4H2,1-2H3,(H,9,10);1H. The van der Waals surface area contributed by atoms with Crippen molar-refractivity contribution in [1.29, 1.82) is 0 Å². The number of nitrogens with zero attached hydrogens (tertiary/aromatic N) is 1. The second-order valence-corrected chi connectivity index (χ2v) is 2.66. The van der Waals surface area contributed by atoms with Crippen LogP contribution >= 0.6 is 12.4 Å². The number of H-pyrrole nitrogens is 1. The van der Waals surface area contributed by atoms with Crippen LogP contribution < -0.4 is 0 Å². The highest BCUT2D eigenvalue weighted by Gasteiger charge is 2.04. The molecule has 0 radical (unpaired) electrons. The van der Waals surface area contributed by atoms with Gasteiger partial charge in [0.2, 0.25) is 0 Å². The van der Waals surface area contributed by atoms with Crippen LogP contribution in [0.15, 0.2) is 12.4 Å². The van der Waals surface area contributed by atoms with Gasteiger partial charge in [-0.3, -0.25) is 0 Å². The number of aromatic nitrogens is 2. The molecule has 1 rings (SSSR count). The first-order chi connectivity index (χ1) is 4.84. The lowest BCUT2D eigenvalue weighted by atomic mass is 10.1. The molecule has 1 heterocycles. The molecule has 0 spiro atoms. The van der Waals surface area contributed by atoms with Crippen molar-refractivity contribution in [3.05, 3.63) is 18.2 Å². The number of aromatic amines is 1. The summed E-state index contributed by atoms with van der Waals surface area (Å²) in [6.07, 6.45) is 6.12. The van der Waals surface area contributed by atoms with Crippen LogP contribution in [0.1, 0.15) is 38.4 Å². The number of hydrogen-bond donors (Lipinski definition) is 1. The molecule has 3 heteroatoms. The minimum absolute atomic E-state index is 0. The van der Waals surface area contributed by atoms with E-state index in [2.05, 4.69) is 23.8 Å². The molecule has 0 fully saturated rings. The van der Waals surface area contributed by atoms with Gasteiger partial charge >= 0.3 is 0 Å². The fraction of sp³-hybridized carbons (Fsp3) is 0.625. The van der Waals surface area contributed by atoms with Crippen molar-refractivity contribution in [2.75, 3.05) is 0 Å². The van der Waals surface area contributed by atoms with Gasteiger partial charge in [-0.1, -0.05) is 20.3 Å². The van der Waals surface area contributed by atoms with Gasteiger partial charge in [-0.05, 0) is 6.42 Å². The van der Waals surface area contributed by atoms with Crippen LogP contribution in [0, 0.1) is 0 Å². The van der Waals surface area contributed by atoms with Gasteiger partial charge in [-0.25, -0.2) is 4.98 Å². The molecule has 0 aliphatic heterocycles. The summed E-state index contributed by atoms with van der Waals surface area (Å²) in [6, 6.07) is 0. The molecule has 0 saturated heterocycles. The first kappa shape index (κ1) is 10.5. The monoisotopic (exact) mass is 174 g/mol. The summed E-state index contributed by atoms with van der Waals surface area (Å²) < 4.78 is 0. The van der Waals surface area contributed by atoms with Gasteiger partial charge in [-0.15, -0.1) is 12.4 Å². The molecule has 2 nitrogen and oxygen atoms in total. The summed E-state index contributed by atoms with van der Waals surface area (Å²) in [7, 11) is 0. The van der Waals surface area contributed by atoms with Gasteiger partial charge in [-0.2, -0.15) is 0 Å². The van der Waals surface area contributed by atoms with Crippen molar-refractivity contribution in [3.63, 3.8) is 0 Å². The minimum Gasteiger partial charge on any atom is -0.348 e. The maximum atomic E-state index is 4.18. The van der Waals surface area contributed by atoms with Gasteiger partial charge in [0.25, 0.3) is 0 Å². The Bertz CT molecular complexity index is 172. The van der Waals surface area contributed by atoms with Crippen molar-refractivity contribution in [3.8, 4) is 0 Å². The summed E-state index contributed by atoms with van der Waals surface area (Å²) in [6.45, 7) is 4.39. The SMILES string of the molecule is CCCC(C)c1ncc[nH]1.Cl. The molecule has 11 heavy (non-hydrogen) atoms. The Labute approximate surface area is 73.8 Å². The van der Waals surface area contributed by atoms with Gasteiger partial charge in [0.05, 0.1) is 0 Å².